The summed E-state index contributed by atoms with van der Waals surface area (Å²) < 4.78 is 21.4. The first kappa shape index (κ1) is 29.4. The van der Waals surface area contributed by atoms with Crippen LogP contribution in [0, 0.1) is 0 Å². The van der Waals surface area contributed by atoms with Crippen molar-refractivity contribution in [1.82, 2.24) is 4.90 Å². The van der Waals surface area contributed by atoms with Crippen molar-refractivity contribution < 1.29 is 38.1 Å². The highest BCUT2D eigenvalue weighted by atomic mass is 32.2. The van der Waals surface area contributed by atoms with E-state index in [2.05, 4.69) is 10.3 Å². The molecule has 2 aromatic carbocycles. The molecular weight excluding hydrogens is 550 g/mol. The molecule has 0 spiro atoms. The van der Waals surface area contributed by atoms with E-state index in [1.165, 1.54) is 37.3 Å². The van der Waals surface area contributed by atoms with Gasteiger partial charge in [-0.3, -0.25) is 14.5 Å². The molecule has 2 amide bonds. The van der Waals surface area contributed by atoms with Gasteiger partial charge in [0.05, 0.1) is 49.2 Å². The molecule has 2 aromatic rings. The van der Waals surface area contributed by atoms with E-state index in [1.807, 2.05) is 0 Å². The van der Waals surface area contributed by atoms with Crippen molar-refractivity contribution in [1.29, 1.82) is 0 Å². The lowest BCUT2D eigenvalue weighted by Gasteiger charge is -2.38. The maximum Gasteiger partial charge on any atom is 0.338 e. The smallest absolute Gasteiger partial charge is 0.338 e. The number of rotatable bonds is 9. The number of hydrogen-bond acceptors (Lipinski definition) is 10. The van der Waals surface area contributed by atoms with E-state index in [0.717, 1.165) is 11.8 Å². The molecule has 0 unspecified atom stereocenters. The van der Waals surface area contributed by atoms with Gasteiger partial charge < -0.3 is 24.3 Å². The number of amides is 2. The minimum absolute atomic E-state index is 0.100. The molecule has 2 heterocycles. The molecule has 2 aliphatic heterocycles. The number of nitrogens with zero attached hydrogens (tertiary/aromatic N) is 2. The summed E-state index contributed by atoms with van der Waals surface area (Å²) in [6.07, 6.45) is 1.19. The maximum atomic E-state index is 13.6. The maximum absolute atomic E-state index is 13.6. The second kappa shape index (κ2) is 12.7. The number of carbonyl (C=O) groups excluding carboxylic acids is 4. The minimum Gasteiger partial charge on any atom is -0.493 e. The van der Waals surface area contributed by atoms with Gasteiger partial charge in [-0.1, -0.05) is 12.1 Å². The Hall–Kier alpha value is -4.58. The summed E-state index contributed by atoms with van der Waals surface area (Å²) in [4.78, 5) is 57.8. The molecule has 0 aromatic heterocycles. The highest BCUT2D eigenvalue weighted by Crippen LogP contribution is 2.46. The van der Waals surface area contributed by atoms with Gasteiger partial charge in [0.15, 0.2) is 16.7 Å². The number of nitrogens with one attached hydrogen (secondary N) is 1. The molecule has 12 heteroatoms. The summed E-state index contributed by atoms with van der Waals surface area (Å²) >= 11 is 0.986. The zero-order chi connectivity index (χ0) is 29.7. The molecule has 1 N–H and O–H groups in total. The van der Waals surface area contributed by atoms with Crippen LogP contribution < -0.4 is 14.8 Å². The van der Waals surface area contributed by atoms with Gasteiger partial charge in [0.25, 0.3) is 11.8 Å². The zero-order valence-electron chi connectivity index (χ0n) is 23.2. The fourth-order valence-corrected chi connectivity index (χ4v) is 5.37. The molecule has 1 atom stereocenters. The zero-order valence-corrected chi connectivity index (χ0v) is 24.0. The highest BCUT2D eigenvalue weighted by Gasteiger charge is 2.44. The quantitative estimate of drug-likeness (QED) is 0.434. The predicted molar refractivity (Wildman–Crippen MR) is 153 cm³/mol. The van der Waals surface area contributed by atoms with Gasteiger partial charge in [-0.25, -0.2) is 14.6 Å². The van der Waals surface area contributed by atoms with Crippen LogP contribution in [0.2, 0.25) is 0 Å². The number of para-hydroxylation sites is 1. The third-order valence-electron chi connectivity index (χ3n) is 6.19. The SMILES string of the molecule is CCOC(=O)C1=C(C)N=C2SC(C(=O)Nc3ccc(C(=O)OCC)cc3)=CC(=O)N2[C@@H]1c1cccc(OC)c1OC. The van der Waals surface area contributed by atoms with Gasteiger partial charge in [0, 0.05) is 17.3 Å². The lowest BCUT2D eigenvalue weighted by atomic mass is 9.93. The van der Waals surface area contributed by atoms with Crippen LogP contribution in [0.4, 0.5) is 5.69 Å². The number of amidine groups is 1. The van der Waals surface area contributed by atoms with Crippen molar-refractivity contribution in [3.05, 3.63) is 75.8 Å². The lowest BCUT2D eigenvalue weighted by molar-refractivity contribution is -0.139. The Morgan fingerprint density at radius 1 is 0.976 bits per heavy atom. The first-order chi connectivity index (χ1) is 19.7. The Labute approximate surface area is 241 Å². The van der Waals surface area contributed by atoms with E-state index >= 15 is 0 Å². The molecule has 0 fully saturated rings. The number of allylic oxidation sites excluding steroid dienone is 1. The van der Waals surface area contributed by atoms with Crippen LogP contribution in [0.3, 0.4) is 0 Å². The number of anilines is 1. The van der Waals surface area contributed by atoms with E-state index < -0.39 is 29.8 Å². The molecule has 2 aliphatic rings. The van der Waals surface area contributed by atoms with E-state index in [1.54, 1.807) is 51.1 Å². The number of carbonyl (C=O) groups is 4. The molecule has 0 bridgehead atoms. The third-order valence-corrected chi connectivity index (χ3v) is 7.18. The van der Waals surface area contributed by atoms with Crippen LogP contribution in [0.25, 0.3) is 0 Å². The van der Waals surface area contributed by atoms with Gasteiger partial charge >= 0.3 is 11.9 Å². The number of fused-ring (bicyclic) bond motifs is 1. The number of benzene rings is 2. The Kier molecular flexibility index (Phi) is 9.13. The number of aliphatic imine (C=N–C) groups is 1. The normalized spacial score (nSPS) is 16.3. The van der Waals surface area contributed by atoms with Crippen LogP contribution in [-0.4, -0.2) is 61.3 Å². The number of thioether (sulfide) groups is 1. The highest BCUT2D eigenvalue weighted by molar-refractivity contribution is 8.18. The Balaban J connectivity index is 1.69. The van der Waals surface area contributed by atoms with Gasteiger partial charge in [-0.2, -0.15) is 0 Å². The van der Waals surface area contributed by atoms with Crippen LogP contribution in [-0.2, 0) is 23.9 Å². The monoisotopic (exact) mass is 579 g/mol. The predicted octanol–water partition coefficient (Wildman–Crippen LogP) is 4.23. The number of ether oxygens (including phenoxy) is 4. The topological polar surface area (TPSA) is 133 Å². The fraction of sp³-hybridized carbons (Fsp3) is 0.276. The van der Waals surface area contributed by atoms with Gasteiger partial charge in [-0.15, -0.1) is 0 Å². The average molecular weight is 580 g/mol. The van der Waals surface area contributed by atoms with Crippen molar-refractivity contribution in [3.63, 3.8) is 0 Å². The largest absolute Gasteiger partial charge is 0.493 e. The van der Waals surface area contributed by atoms with Crippen LogP contribution >= 0.6 is 11.8 Å². The summed E-state index contributed by atoms with van der Waals surface area (Å²) in [5.74, 6) is -1.44. The first-order valence-corrected chi connectivity index (χ1v) is 13.5. The molecule has 41 heavy (non-hydrogen) atoms. The van der Waals surface area contributed by atoms with Gasteiger partial charge in [0.2, 0.25) is 0 Å². The van der Waals surface area contributed by atoms with Gasteiger partial charge in [-0.05, 0) is 62.9 Å². The standard InChI is InChI=1S/C29H29N3O8S/c1-6-39-27(35)17-11-13-18(14-12-17)31-26(34)21-15-22(33)32-24(19-9-8-10-20(37-4)25(19)38-5)23(28(36)40-7-2)16(3)30-29(32)41-21/h8-15,24H,6-7H2,1-5H3,(H,31,34)/t24-/m1/s1. The second-order valence-electron chi connectivity index (χ2n) is 8.67. The molecule has 11 nitrogen and oxygen atoms in total. The molecule has 0 radical (unpaired) electrons. The van der Waals surface area contributed by atoms with E-state index in [9.17, 15) is 19.2 Å². The number of hydrogen-bond donors (Lipinski definition) is 1. The Bertz CT molecular complexity index is 1480. The Morgan fingerprint density at radius 2 is 1.66 bits per heavy atom. The van der Waals surface area contributed by atoms with Crippen LogP contribution in [0.15, 0.2) is 69.7 Å². The van der Waals surface area contributed by atoms with E-state index in [-0.39, 0.29) is 28.9 Å². The minimum atomic E-state index is -0.956. The molecular formula is C29H29N3O8S. The molecule has 214 valence electrons. The van der Waals surface area contributed by atoms with Crippen molar-refractivity contribution >= 4 is 46.4 Å². The molecule has 0 saturated heterocycles. The lowest BCUT2D eigenvalue weighted by Crippen LogP contribution is -2.45. The number of esters is 2. The van der Waals surface area contributed by atoms with E-state index in [4.69, 9.17) is 18.9 Å². The summed E-state index contributed by atoms with van der Waals surface area (Å²) in [6.45, 7) is 5.42. The molecule has 0 saturated carbocycles. The average Bonchev–Trinajstić information content (AvgIpc) is 2.96. The molecule has 4 rings (SSSR count). The summed E-state index contributed by atoms with van der Waals surface area (Å²) in [7, 11) is 2.96. The van der Waals surface area contributed by atoms with Crippen molar-refractivity contribution in [3.8, 4) is 11.5 Å². The first-order valence-electron chi connectivity index (χ1n) is 12.7. The van der Waals surface area contributed by atoms with E-state index in [0.29, 0.717) is 34.0 Å². The van der Waals surface area contributed by atoms with Crippen LogP contribution in [0.5, 0.6) is 11.5 Å². The summed E-state index contributed by atoms with van der Waals surface area (Å²) in [5, 5.41) is 2.94. The van der Waals surface area contributed by atoms with Crippen molar-refractivity contribution in [2.24, 2.45) is 4.99 Å². The fourth-order valence-electron chi connectivity index (χ4n) is 4.40. The third kappa shape index (κ3) is 5.97. The van der Waals surface area contributed by atoms with Gasteiger partial charge in [0.1, 0.15) is 6.04 Å². The summed E-state index contributed by atoms with van der Waals surface area (Å²) in [6, 6.07) is 10.4. The van der Waals surface area contributed by atoms with Crippen molar-refractivity contribution in [2.75, 3.05) is 32.8 Å². The number of methoxy groups -OCH3 is 2. The van der Waals surface area contributed by atoms with Crippen molar-refractivity contribution in [2.45, 2.75) is 26.8 Å². The second-order valence-corrected chi connectivity index (χ2v) is 9.68. The van der Waals surface area contributed by atoms with Crippen LogP contribution in [0.1, 0.15) is 42.7 Å². The Morgan fingerprint density at radius 3 is 2.29 bits per heavy atom. The molecule has 0 aliphatic carbocycles. The summed E-state index contributed by atoms with van der Waals surface area (Å²) in [5.41, 5.74) is 1.75.